The third-order valence-corrected chi connectivity index (χ3v) is 2.74. The molecule has 0 aromatic carbocycles. The molecule has 1 aliphatic carbocycles. The lowest BCUT2D eigenvalue weighted by molar-refractivity contribution is 0.270. The summed E-state index contributed by atoms with van der Waals surface area (Å²) >= 11 is 0. The molecule has 0 amide bonds. The Balaban J connectivity index is 1.87. The second kappa shape index (κ2) is 3.92. The van der Waals surface area contributed by atoms with Crippen molar-refractivity contribution in [1.82, 2.24) is 9.97 Å². The SMILES string of the molecule is CN(CC1CC(N)C1)c1cnccn1. The second-order valence-corrected chi connectivity index (χ2v) is 4.04. The summed E-state index contributed by atoms with van der Waals surface area (Å²) in [7, 11) is 2.05. The Morgan fingerprint density at radius 1 is 1.50 bits per heavy atom. The van der Waals surface area contributed by atoms with Crippen LogP contribution in [0.5, 0.6) is 0 Å². The van der Waals surface area contributed by atoms with E-state index in [9.17, 15) is 0 Å². The lowest BCUT2D eigenvalue weighted by Crippen LogP contribution is -2.42. The van der Waals surface area contributed by atoms with E-state index in [4.69, 9.17) is 5.73 Å². The molecule has 1 aliphatic rings. The summed E-state index contributed by atoms with van der Waals surface area (Å²) < 4.78 is 0. The van der Waals surface area contributed by atoms with Gasteiger partial charge in [0, 0.05) is 32.0 Å². The minimum atomic E-state index is 0.426. The Kier molecular flexibility index (Phi) is 2.63. The minimum absolute atomic E-state index is 0.426. The zero-order valence-electron chi connectivity index (χ0n) is 8.43. The number of nitrogens with zero attached hydrogens (tertiary/aromatic N) is 3. The van der Waals surface area contributed by atoms with E-state index >= 15 is 0 Å². The standard InChI is InChI=1S/C10H16N4/c1-14(7-8-4-9(11)5-8)10-6-12-2-3-13-10/h2-3,6,8-9H,4-5,7,11H2,1H3. The molecule has 0 atom stereocenters. The molecule has 0 bridgehead atoms. The van der Waals surface area contributed by atoms with Gasteiger partial charge in [-0.25, -0.2) is 4.98 Å². The highest BCUT2D eigenvalue weighted by Gasteiger charge is 2.26. The number of anilines is 1. The van der Waals surface area contributed by atoms with Gasteiger partial charge in [-0.3, -0.25) is 4.98 Å². The summed E-state index contributed by atoms with van der Waals surface area (Å²) in [5.74, 6) is 1.67. The third-order valence-electron chi connectivity index (χ3n) is 2.74. The monoisotopic (exact) mass is 192 g/mol. The average molecular weight is 192 g/mol. The van der Waals surface area contributed by atoms with Gasteiger partial charge in [0.25, 0.3) is 0 Å². The first-order chi connectivity index (χ1) is 6.75. The van der Waals surface area contributed by atoms with Crippen molar-refractivity contribution in [3.63, 3.8) is 0 Å². The molecular formula is C10H16N4. The largest absolute Gasteiger partial charge is 0.358 e. The predicted octanol–water partition coefficient (Wildman–Crippen LogP) is 0.650. The van der Waals surface area contributed by atoms with Crippen LogP contribution < -0.4 is 10.6 Å². The van der Waals surface area contributed by atoms with Crippen LogP contribution in [0.3, 0.4) is 0 Å². The number of hydrogen-bond donors (Lipinski definition) is 1. The first-order valence-electron chi connectivity index (χ1n) is 4.98. The molecule has 1 fully saturated rings. The molecule has 14 heavy (non-hydrogen) atoms. The van der Waals surface area contributed by atoms with Crippen molar-refractivity contribution in [3.8, 4) is 0 Å². The van der Waals surface area contributed by atoms with Crippen LogP contribution in [0.25, 0.3) is 0 Å². The van der Waals surface area contributed by atoms with Crippen molar-refractivity contribution in [2.75, 3.05) is 18.5 Å². The number of rotatable bonds is 3. The molecule has 76 valence electrons. The van der Waals surface area contributed by atoms with E-state index < -0.39 is 0 Å². The summed E-state index contributed by atoms with van der Waals surface area (Å²) in [5.41, 5.74) is 5.74. The fourth-order valence-electron chi connectivity index (χ4n) is 1.91. The Labute approximate surface area is 84.2 Å². The molecule has 0 radical (unpaired) electrons. The summed E-state index contributed by atoms with van der Waals surface area (Å²) in [6, 6.07) is 0.426. The van der Waals surface area contributed by atoms with Crippen LogP contribution >= 0.6 is 0 Å². The zero-order chi connectivity index (χ0) is 9.97. The molecule has 2 N–H and O–H groups in total. The lowest BCUT2D eigenvalue weighted by atomic mass is 9.81. The topological polar surface area (TPSA) is 55.0 Å². The molecule has 0 spiro atoms. The fourth-order valence-corrected chi connectivity index (χ4v) is 1.91. The lowest BCUT2D eigenvalue weighted by Gasteiger charge is -2.35. The van der Waals surface area contributed by atoms with Crippen molar-refractivity contribution >= 4 is 5.82 Å². The zero-order valence-corrected chi connectivity index (χ0v) is 8.43. The molecule has 4 heteroatoms. The van der Waals surface area contributed by atoms with Gasteiger partial charge >= 0.3 is 0 Å². The number of hydrogen-bond acceptors (Lipinski definition) is 4. The van der Waals surface area contributed by atoms with Gasteiger partial charge in [0.1, 0.15) is 5.82 Å². The smallest absolute Gasteiger partial charge is 0.146 e. The highest BCUT2D eigenvalue weighted by Crippen LogP contribution is 2.26. The highest BCUT2D eigenvalue weighted by molar-refractivity contribution is 5.33. The van der Waals surface area contributed by atoms with Crippen LogP contribution in [0.4, 0.5) is 5.82 Å². The maximum absolute atomic E-state index is 5.74. The van der Waals surface area contributed by atoms with Crippen molar-refractivity contribution in [2.45, 2.75) is 18.9 Å². The molecule has 4 nitrogen and oxygen atoms in total. The van der Waals surface area contributed by atoms with Gasteiger partial charge in [0.05, 0.1) is 6.20 Å². The van der Waals surface area contributed by atoms with Crippen LogP contribution in [0.1, 0.15) is 12.8 Å². The van der Waals surface area contributed by atoms with Crippen molar-refractivity contribution in [2.24, 2.45) is 11.7 Å². The van der Waals surface area contributed by atoms with Crippen molar-refractivity contribution in [1.29, 1.82) is 0 Å². The molecule has 0 aliphatic heterocycles. The van der Waals surface area contributed by atoms with E-state index in [0.717, 1.165) is 31.1 Å². The maximum Gasteiger partial charge on any atom is 0.146 e. The Hall–Kier alpha value is -1.16. The van der Waals surface area contributed by atoms with Crippen LogP contribution in [0, 0.1) is 5.92 Å². The van der Waals surface area contributed by atoms with Gasteiger partial charge in [0.2, 0.25) is 0 Å². The molecular weight excluding hydrogens is 176 g/mol. The summed E-state index contributed by atoms with van der Waals surface area (Å²) in [6.45, 7) is 1.03. The Bertz CT molecular complexity index is 281. The van der Waals surface area contributed by atoms with Gasteiger partial charge in [-0.05, 0) is 18.8 Å². The van der Waals surface area contributed by atoms with Gasteiger partial charge < -0.3 is 10.6 Å². The van der Waals surface area contributed by atoms with Crippen molar-refractivity contribution < 1.29 is 0 Å². The first kappa shape index (κ1) is 9.40. The first-order valence-corrected chi connectivity index (χ1v) is 4.98. The molecule has 1 aromatic heterocycles. The Morgan fingerprint density at radius 3 is 2.86 bits per heavy atom. The molecule has 2 rings (SSSR count). The molecule has 1 heterocycles. The second-order valence-electron chi connectivity index (χ2n) is 4.04. The molecule has 0 unspecified atom stereocenters. The number of aromatic nitrogens is 2. The van der Waals surface area contributed by atoms with E-state index in [1.54, 1.807) is 18.6 Å². The predicted molar refractivity (Wildman–Crippen MR) is 56.0 cm³/mol. The van der Waals surface area contributed by atoms with Crippen molar-refractivity contribution in [3.05, 3.63) is 18.6 Å². The summed E-state index contributed by atoms with van der Waals surface area (Å²) in [5, 5.41) is 0. The Morgan fingerprint density at radius 2 is 2.29 bits per heavy atom. The van der Waals surface area contributed by atoms with E-state index in [0.29, 0.717) is 6.04 Å². The van der Waals surface area contributed by atoms with E-state index in [-0.39, 0.29) is 0 Å². The molecule has 0 saturated heterocycles. The van der Waals surface area contributed by atoms with Gasteiger partial charge in [-0.15, -0.1) is 0 Å². The normalized spacial score (nSPS) is 25.6. The van der Waals surface area contributed by atoms with Crippen LogP contribution in [-0.2, 0) is 0 Å². The third kappa shape index (κ3) is 2.01. The minimum Gasteiger partial charge on any atom is -0.358 e. The van der Waals surface area contributed by atoms with Crippen LogP contribution in [0.2, 0.25) is 0 Å². The fraction of sp³-hybridized carbons (Fsp3) is 0.600. The van der Waals surface area contributed by atoms with Crippen LogP contribution in [-0.4, -0.2) is 29.6 Å². The van der Waals surface area contributed by atoms with Crippen LogP contribution in [0.15, 0.2) is 18.6 Å². The van der Waals surface area contributed by atoms with E-state index in [2.05, 4.69) is 14.9 Å². The molecule has 1 saturated carbocycles. The maximum atomic E-state index is 5.74. The van der Waals surface area contributed by atoms with Gasteiger partial charge in [-0.1, -0.05) is 0 Å². The summed E-state index contributed by atoms with van der Waals surface area (Å²) in [6.07, 6.45) is 7.49. The molecule has 1 aromatic rings. The number of nitrogens with two attached hydrogens (primary N) is 1. The highest BCUT2D eigenvalue weighted by atomic mass is 15.2. The van der Waals surface area contributed by atoms with E-state index in [1.165, 1.54) is 0 Å². The van der Waals surface area contributed by atoms with Gasteiger partial charge in [-0.2, -0.15) is 0 Å². The van der Waals surface area contributed by atoms with Gasteiger partial charge in [0.15, 0.2) is 0 Å². The quantitative estimate of drug-likeness (QED) is 0.764. The average Bonchev–Trinajstić information content (AvgIpc) is 2.17. The van der Waals surface area contributed by atoms with E-state index in [1.807, 2.05) is 7.05 Å². The summed E-state index contributed by atoms with van der Waals surface area (Å²) in [4.78, 5) is 10.4.